The molecule has 6 nitrogen and oxygen atoms in total. The van der Waals surface area contributed by atoms with Crippen molar-refractivity contribution < 1.29 is 19.1 Å². The number of carbonyl (C=O) groups is 3. The Morgan fingerprint density at radius 1 is 1.00 bits per heavy atom. The molecule has 200 valence electrons. The minimum absolute atomic E-state index is 0.00143. The highest BCUT2D eigenvalue weighted by Crippen LogP contribution is 2.44. The number of halogens is 2. The normalized spacial score (nSPS) is 19.5. The number of ketones is 1. The number of carbonyl (C=O) groups excluding carboxylic acids is 3. The molecule has 0 unspecified atom stereocenters. The standard InChI is InChI=1S/C30H26Cl2N2O4S/c31-22-10-6-19(7-11-22)17-21-3-1-4-24-29(21)33-34(30(24)20-8-12-23(32)13-9-20)27(36)18-38-28(37)15-14-25(35)26-5-2-16-39-26/h2,5-13,16-17,24,30H,1,3-4,14-15,18H2/b21-17-/t24-,30+/m0/s1. The van der Waals surface area contributed by atoms with Crippen molar-refractivity contribution in [1.29, 1.82) is 0 Å². The van der Waals surface area contributed by atoms with Gasteiger partial charge in [-0.25, -0.2) is 5.01 Å². The van der Waals surface area contributed by atoms with Gasteiger partial charge in [-0.3, -0.25) is 14.4 Å². The van der Waals surface area contributed by atoms with Crippen LogP contribution in [0.1, 0.15) is 58.9 Å². The van der Waals surface area contributed by atoms with Crippen molar-refractivity contribution in [3.8, 4) is 0 Å². The average molecular weight is 582 g/mol. The monoisotopic (exact) mass is 580 g/mol. The van der Waals surface area contributed by atoms with Crippen LogP contribution in [0.15, 0.2) is 76.7 Å². The van der Waals surface area contributed by atoms with Crippen LogP contribution in [0.5, 0.6) is 0 Å². The number of amides is 1. The van der Waals surface area contributed by atoms with Crippen LogP contribution in [0.3, 0.4) is 0 Å². The summed E-state index contributed by atoms with van der Waals surface area (Å²) < 4.78 is 5.28. The second kappa shape index (κ2) is 12.3. The van der Waals surface area contributed by atoms with Gasteiger partial charge in [-0.05, 0) is 77.8 Å². The molecule has 1 aliphatic heterocycles. The molecule has 1 aliphatic carbocycles. The van der Waals surface area contributed by atoms with Crippen molar-refractivity contribution in [3.63, 3.8) is 0 Å². The number of allylic oxidation sites excluding steroid dienone is 1. The molecule has 2 aromatic carbocycles. The van der Waals surface area contributed by atoms with Gasteiger partial charge in [-0.1, -0.05) is 53.5 Å². The van der Waals surface area contributed by atoms with Gasteiger partial charge in [0, 0.05) is 22.4 Å². The Labute approximate surface area is 240 Å². The first-order valence-corrected chi connectivity index (χ1v) is 14.4. The van der Waals surface area contributed by atoms with Crippen LogP contribution in [-0.4, -0.2) is 35.0 Å². The van der Waals surface area contributed by atoms with Gasteiger partial charge in [0.2, 0.25) is 0 Å². The molecule has 1 amide bonds. The van der Waals surface area contributed by atoms with E-state index < -0.39 is 18.5 Å². The van der Waals surface area contributed by atoms with Crippen LogP contribution in [-0.2, 0) is 14.3 Å². The second-order valence-electron chi connectivity index (χ2n) is 9.50. The molecule has 0 N–H and O–H groups in total. The molecule has 1 aromatic heterocycles. The number of nitrogens with zero attached hydrogens (tertiary/aromatic N) is 2. The van der Waals surface area contributed by atoms with Crippen molar-refractivity contribution in [3.05, 3.63) is 97.7 Å². The summed E-state index contributed by atoms with van der Waals surface area (Å²) in [6, 6.07) is 18.2. The maximum Gasteiger partial charge on any atom is 0.306 e. The molecule has 39 heavy (non-hydrogen) atoms. The number of thiophene rings is 1. The third kappa shape index (κ3) is 6.49. The van der Waals surface area contributed by atoms with E-state index in [1.807, 2.05) is 41.8 Å². The van der Waals surface area contributed by atoms with Crippen LogP contribution in [0.2, 0.25) is 10.0 Å². The number of hydrogen-bond acceptors (Lipinski definition) is 6. The van der Waals surface area contributed by atoms with Gasteiger partial charge < -0.3 is 4.74 Å². The zero-order chi connectivity index (χ0) is 27.4. The molecule has 3 aromatic rings. The average Bonchev–Trinajstić information content (AvgIpc) is 3.61. The number of esters is 1. The third-order valence-corrected chi connectivity index (χ3v) is 8.30. The van der Waals surface area contributed by atoms with Gasteiger partial charge in [0.25, 0.3) is 5.91 Å². The first-order valence-electron chi connectivity index (χ1n) is 12.7. The molecule has 0 bridgehead atoms. The maximum atomic E-state index is 13.4. The lowest BCUT2D eigenvalue weighted by molar-refractivity contribution is -0.153. The fourth-order valence-corrected chi connectivity index (χ4v) is 5.96. The zero-order valence-corrected chi connectivity index (χ0v) is 23.3. The van der Waals surface area contributed by atoms with Crippen molar-refractivity contribution in [1.82, 2.24) is 5.01 Å². The first-order chi connectivity index (χ1) is 18.9. The predicted molar refractivity (Wildman–Crippen MR) is 154 cm³/mol. The smallest absolute Gasteiger partial charge is 0.306 e. The SMILES string of the molecule is O=C(CCC(=O)c1cccs1)OCC(=O)N1N=C2/C(=C\c3ccc(Cl)cc3)CCC[C@@H]2[C@H]1c1ccc(Cl)cc1. The van der Waals surface area contributed by atoms with Gasteiger partial charge in [0.15, 0.2) is 12.4 Å². The third-order valence-electron chi connectivity index (χ3n) is 6.89. The summed E-state index contributed by atoms with van der Waals surface area (Å²) in [6.07, 6.45) is 4.73. The Morgan fingerprint density at radius 3 is 2.41 bits per heavy atom. The Morgan fingerprint density at radius 2 is 1.72 bits per heavy atom. The molecule has 0 spiro atoms. The number of hydrogen-bond donors (Lipinski definition) is 0. The number of ether oxygens (including phenoxy) is 1. The lowest BCUT2D eigenvalue weighted by Crippen LogP contribution is -2.34. The van der Waals surface area contributed by atoms with Crippen LogP contribution in [0.4, 0.5) is 0 Å². The van der Waals surface area contributed by atoms with Gasteiger partial charge in [0.05, 0.1) is 23.1 Å². The van der Waals surface area contributed by atoms with Crippen LogP contribution < -0.4 is 0 Å². The van der Waals surface area contributed by atoms with E-state index in [0.717, 1.165) is 41.7 Å². The highest BCUT2D eigenvalue weighted by Gasteiger charge is 2.43. The van der Waals surface area contributed by atoms with E-state index in [2.05, 4.69) is 6.08 Å². The summed E-state index contributed by atoms with van der Waals surface area (Å²) in [4.78, 5) is 38.5. The molecule has 9 heteroatoms. The molecule has 2 heterocycles. The molecule has 1 saturated carbocycles. The van der Waals surface area contributed by atoms with E-state index in [1.165, 1.54) is 16.3 Å². The summed E-state index contributed by atoms with van der Waals surface area (Å²) in [5, 5.41) is 9.34. The molecule has 5 rings (SSSR count). The van der Waals surface area contributed by atoms with Gasteiger partial charge in [0.1, 0.15) is 0 Å². The van der Waals surface area contributed by atoms with E-state index in [-0.39, 0.29) is 30.6 Å². The van der Waals surface area contributed by atoms with Crippen molar-refractivity contribution in [2.75, 3.05) is 6.61 Å². The van der Waals surface area contributed by atoms with Gasteiger partial charge in [-0.2, -0.15) is 5.10 Å². The van der Waals surface area contributed by atoms with E-state index >= 15 is 0 Å². The van der Waals surface area contributed by atoms with Crippen molar-refractivity contribution in [2.24, 2.45) is 11.0 Å². The molecule has 0 radical (unpaired) electrons. The topological polar surface area (TPSA) is 76.0 Å². The number of fused-ring (bicyclic) bond motifs is 1. The Bertz CT molecular complexity index is 1420. The lowest BCUT2D eigenvalue weighted by Gasteiger charge is -2.29. The van der Waals surface area contributed by atoms with E-state index in [1.54, 1.807) is 24.3 Å². The van der Waals surface area contributed by atoms with E-state index in [0.29, 0.717) is 14.9 Å². The summed E-state index contributed by atoms with van der Waals surface area (Å²) in [5.74, 6) is -1.13. The quantitative estimate of drug-likeness (QED) is 0.205. The number of Topliss-reactive ketones (excluding diaryl/α,β-unsaturated/α-hetero) is 1. The van der Waals surface area contributed by atoms with E-state index in [9.17, 15) is 14.4 Å². The van der Waals surface area contributed by atoms with Crippen LogP contribution >= 0.6 is 34.5 Å². The fraction of sp³-hybridized carbons (Fsp3) is 0.267. The molecular weight excluding hydrogens is 555 g/mol. The summed E-state index contributed by atoms with van der Waals surface area (Å²) in [7, 11) is 0. The molecular formula is C30H26Cl2N2O4S. The second-order valence-corrected chi connectivity index (χ2v) is 11.3. The summed E-state index contributed by atoms with van der Waals surface area (Å²) in [5.41, 5.74) is 3.87. The number of benzene rings is 2. The predicted octanol–water partition coefficient (Wildman–Crippen LogP) is 7.38. The summed E-state index contributed by atoms with van der Waals surface area (Å²) >= 11 is 13.5. The van der Waals surface area contributed by atoms with Gasteiger partial charge >= 0.3 is 5.97 Å². The summed E-state index contributed by atoms with van der Waals surface area (Å²) in [6.45, 7) is -0.449. The fourth-order valence-electron chi connectivity index (χ4n) is 5.02. The molecule has 0 saturated heterocycles. The minimum atomic E-state index is -0.594. The van der Waals surface area contributed by atoms with Gasteiger partial charge in [-0.15, -0.1) is 11.3 Å². The van der Waals surface area contributed by atoms with Crippen LogP contribution in [0.25, 0.3) is 6.08 Å². The number of hydrazone groups is 1. The Kier molecular flexibility index (Phi) is 8.60. The van der Waals surface area contributed by atoms with Crippen LogP contribution in [0, 0.1) is 5.92 Å². The largest absolute Gasteiger partial charge is 0.455 e. The lowest BCUT2D eigenvalue weighted by atomic mass is 9.77. The maximum absolute atomic E-state index is 13.4. The molecule has 2 atom stereocenters. The number of rotatable bonds is 8. The Balaban J connectivity index is 1.33. The van der Waals surface area contributed by atoms with E-state index in [4.69, 9.17) is 33.0 Å². The highest BCUT2D eigenvalue weighted by atomic mass is 35.5. The molecule has 2 aliphatic rings. The highest BCUT2D eigenvalue weighted by molar-refractivity contribution is 7.12. The van der Waals surface area contributed by atoms with Crippen molar-refractivity contribution >= 4 is 64.0 Å². The zero-order valence-electron chi connectivity index (χ0n) is 21.0. The minimum Gasteiger partial charge on any atom is -0.455 e. The Hall–Kier alpha value is -3.26. The first kappa shape index (κ1) is 27.3. The molecule has 1 fully saturated rings. The van der Waals surface area contributed by atoms with Crippen molar-refractivity contribution in [2.45, 2.75) is 38.1 Å².